The summed E-state index contributed by atoms with van der Waals surface area (Å²) in [4.78, 5) is 10.8. The summed E-state index contributed by atoms with van der Waals surface area (Å²) in [6.45, 7) is 0. The Morgan fingerprint density at radius 3 is 2.67 bits per heavy atom. The van der Waals surface area contributed by atoms with Crippen molar-refractivity contribution in [1.29, 1.82) is 0 Å². The van der Waals surface area contributed by atoms with Gasteiger partial charge < -0.3 is 4.74 Å². The van der Waals surface area contributed by atoms with Crippen LogP contribution in [0.5, 0.6) is 5.75 Å². The number of carbonyl (C=O) groups excluding carboxylic acids is 1. The second-order valence-corrected chi connectivity index (χ2v) is 3.64. The summed E-state index contributed by atoms with van der Waals surface area (Å²) in [6, 6.07) is 9.13. The van der Waals surface area contributed by atoms with E-state index in [0.29, 0.717) is 16.3 Å². The molecular formula is C12H9ClO2. The quantitative estimate of drug-likeness (QED) is 0.726. The van der Waals surface area contributed by atoms with Crippen LogP contribution in [0.1, 0.15) is 10.4 Å². The molecule has 0 radical (unpaired) electrons. The number of ether oxygens (including phenoxy) is 1. The van der Waals surface area contributed by atoms with Gasteiger partial charge in [-0.25, -0.2) is 0 Å². The smallest absolute Gasteiger partial charge is 0.153 e. The normalized spacial score (nSPS) is 10.3. The predicted octanol–water partition coefficient (Wildman–Crippen LogP) is 3.31. The standard InChI is InChI=1S/C12H9ClO2/c1-15-12-6-8-2-3-11(13)5-9(8)4-10(12)7-14/h2-7H,1H3. The van der Waals surface area contributed by atoms with Crippen molar-refractivity contribution >= 4 is 28.7 Å². The third-order valence-corrected chi connectivity index (χ3v) is 2.51. The van der Waals surface area contributed by atoms with E-state index in [-0.39, 0.29) is 0 Å². The van der Waals surface area contributed by atoms with Crippen LogP contribution in [0.15, 0.2) is 30.3 Å². The number of hydrogen-bond donors (Lipinski definition) is 0. The summed E-state index contributed by atoms with van der Waals surface area (Å²) < 4.78 is 5.11. The molecule has 0 atom stereocenters. The lowest BCUT2D eigenvalue weighted by atomic mass is 10.1. The van der Waals surface area contributed by atoms with Crippen LogP contribution in [0, 0.1) is 0 Å². The first kappa shape index (κ1) is 9.99. The molecule has 2 aromatic rings. The van der Waals surface area contributed by atoms with Crippen LogP contribution < -0.4 is 4.74 Å². The van der Waals surface area contributed by atoms with Crippen LogP contribution >= 0.6 is 11.6 Å². The zero-order valence-corrected chi connectivity index (χ0v) is 8.91. The number of hydrogen-bond acceptors (Lipinski definition) is 2. The fourth-order valence-electron chi connectivity index (χ4n) is 1.53. The maximum atomic E-state index is 10.8. The number of carbonyl (C=O) groups is 1. The number of fused-ring (bicyclic) bond motifs is 1. The van der Waals surface area contributed by atoms with E-state index in [4.69, 9.17) is 16.3 Å². The predicted molar refractivity (Wildman–Crippen MR) is 60.9 cm³/mol. The Hall–Kier alpha value is -1.54. The molecule has 2 nitrogen and oxygen atoms in total. The highest BCUT2D eigenvalue weighted by Crippen LogP contribution is 2.26. The zero-order valence-electron chi connectivity index (χ0n) is 8.16. The molecule has 0 fully saturated rings. The lowest BCUT2D eigenvalue weighted by Gasteiger charge is -2.06. The lowest BCUT2D eigenvalue weighted by molar-refractivity contribution is 0.112. The van der Waals surface area contributed by atoms with Gasteiger partial charge in [-0.2, -0.15) is 0 Å². The fourth-order valence-corrected chi connectivity index (χ4v) is 1.71. The highest BCUT2D eigenvalue weighted by Gasteiger charge is 2.04. The third-order valence-electron chi connectivity index (χ3n) is 2.28. The molecule has 0 N–H and O–H groups in total. The van der Waals surface area contributed by atoms with Crippen molar-refractivity contribution in [2.24, 2.45) is 0 Å². The SMILES string of the molecule is COc1cc2ccc(Cl)cc2cc1C=O. The molecule has 0 aliphatic carbocycles. The number of aldehydes is 1. The van der Waals surface area contributed by atoms with Gasteiger partial charge in [0, 0.05) is 5.02 Å². The molecule has 0 bridgehead atoms. The van der Waals surface area contributed by atoms with Gasteiger partial charge in [0.25, 0.3) is 0 Å². The van der Waals surface area contributed by atoms with Crippen molar-refractivity contribution in [3.8, 4) is 5.75 Å². The summed E-state index contributed by atoms with van der Waals surface area (Å²) in [5.74, 6) is 0.583. The van der Waals surface area contributed by atoms with Gasteiger partial charge in [-0.1, -0.05) is 17.7 Å². The van der Waals surface area contributed by atoms with Gasteiger partial charge in [0.1, 0.15) is 5.75 Å². The number of methoxy groups -OCH3 is 1. The molecule has 76 valence electrons. The molecule has 0 unspecified atom stereocenters. The summed E-state index contributed by atoms with van der Waals surface area (Å²) >= 11 is 5.87. The molecule has 0 spiro atoms. The Morgan fingerprint density at radius 1 is 1.20 bits per heavy atom. The molecule has 0 aliphatic heterocycles. The number of rotatable bonds is 2. The fraction of sp³-hybridized carbons (Fsp3) is 0.0833. The monoisotopic (exact) mass is 220 g/mol. The average Bonchev–Trinajstić information content (AvgIpc) is 2.27. The Morgan fingerprint density at radius 2 is 2.00 bits per heavy atom. The summed E-state index contributed by atoms with van der Waals surface area (Å²) in [7, 11) is 1.55. The van der Waals surface area contributed by atoms with Crippen molar-refractivity contribution in [3.63, 3.8) is 0 Å². The first-order chi connectivity index (χ1) is 7.24. The summed E-state index contributed by atoms with van der Waals surface area (Å²) in [6.07, 6.45) is 0.777. The van der Waals surface area contributed by atoms with E-state index in [1.54, 1.807) is 13.2 Å². The molecule has 0 amide bonds. The molecule has 2 rings (SSSR count). The molecule has 15 heavy (non-hydrogen) atoms. The van der Waals surface area contributed by atoms with E-state index >= 15 is 0 Å². The van der Waals surface area contributed by atoms with E-state index in [0.717, 1.165) is 17.1 Å². The van der Waals surface area contributed by atoms with E-state index < -0.39 is 0 Å². The molecule has 3 heteroatoms. The molecule has 0 saturated heterocycles. The van der Waals surface area contributed by atoms with Crippen LogP contribution in [0.25, 0.3) is 10.8 Å². The molecule has 0 saturated carbocycles. The first-order valence-electron chi connectivity index (χ1n) is 4.47. The number of benzene rings is 2. The van der Waals surface area contributed by atoms with Gasteiger partial charge in [0.15, 0.2) is 6.29 Å². The van der Waals surface area contributed by atoms with Gasteiger partial charge >= 0.3 is 0 Å². The van der Waals surface area contributed by atoms with Crippen molar-refractivity contribution in [1.82, 2.24) is 0 Å². The molecular weight excluding hydrogens is 212 g/mol. The Kier molecular flexibility index (Phi) is 2.60. The van der Waals surface area contributed by atoms with Crippen LogP contribution in [0.3, 0.4) is 0 Å². The van der Waals surface area contributed by atoms with Gasteiger partial charge in [0.05, 0.1) is 12.7 Å². The van der Waals surface area contributed by atoms with E-state index in [1.165, 1.54) is 0 Å². The number of halogens is 1. The first-order valence-corrected chi connectivity index (χ1v) is 4.85. The van der Waals surface area contributed by atoms with Gasteiger partial charge in [-0.15, -0.1) is 0 Å². The summed E-state index contributed by atoms with van der Waals surface area (Å²) in [5, 5.41) is 2.59. The maximum absolute atomic E-state index is 10.8. The van der Waals surface area contributed by atoms with E-state index in [1.807, 2.05) is 24.3 Å². The Balaban J connectivity index is 2.75. The van der Waals surface area contributed by atoms with Crippen LogP contribution in [0.2, 0.25) is 5.02 Å². The van der Waals surface area contributed by atoms with Crippen molar-refractivity contribution in [2.45, 2.75) is 0 Å². The molecule has 0 aromatic heterocycles. The highest BCUT2D eigenvalue weighted by molar-refractivity contribution is 6.31. The van der Waals surface area contributed by atoms with Gasteiger partial charge in [-0.05, 0) is 35.0 Å². The third kappa shape index (κ3) is 1.81. The molecule has 0 aliphatic rings. The van der Waals surface area contributed by atoms with Crippen molar-refractivity contribution < 1.29 is 9.53 Å². The van der Waals surface area contributed by atoms with Crippen molar-refractivity contribution in [2.75, 3.05) is 7.11 Å². The Bertz CT molecular complexity index is 520. The van der Waals surface area contributed by atoms with E-state index in [2.05, 4.69) is 0 Å². The maximum Gasteiger partial charge on any atom is 0.153 e. The zero-order chi connectivity index (χ0) is 10.8. The minimum atomic E-state index is 0.535. The largest absolute Gasteiger partial charge is 0.496 e. The van der Waals surface area contributed by atoms with Gasteiger partial charge in [-0.3, -0.25) is 4.79 Å². The minimum absolute atomic E-state index is 0.535. The average molecular weight is 221 g/mol. The second kappa shape index (κ2) is 3.91. The second-order valence-electron chi connectivity index (χ2n) is 3.20. The topological polar surface area (TPSA) is 26.3 Å². The lowest BCUT2D eigenvalue weighted by Crippen LogP contribution is -1.90. The summed E-state index contributed by atoms with van der Waals surface area (Å²) in [5.41, 5.74) is 0.535. The van der Waals surface area contributed by atoms with Crippen LogP contribution in [0.4, 0.5) is 0 Å². The Labute approximate surface area is 92.4 Å². The van der Waals surface area contributed by atoms with Crippen LogP contribution in [-0.4, -0.2) is 13.4 Å². The molecule has 2 aromatic carbocycles. The minimum Gasteiger partial charge on any atom is -0.496 e. The molecule has 0 heterocycles. The van der Waals surface area contributed by atoms with Crippen molar-refractivity contribution in [3.05, 3.63) is 40.9 Å². The van der Waals surface area contributed by atoms with Crippen LogP contribution in [-0.2, 0) is 0 Å². The van der Waals surface area contributed by atoms with Gasteiger partial charge in [0.2, 0.25) is 0 Å². The highest BCUT2D eigenvalue weighted by atomic mass is 35.5. The van der Waals surface area contributed by atoms with E-state index in [9.17, 15) is 4.79 Å².